The van der Waals surface area contributed by atoms with E-state index in [0.29, 0.717) is 58.7 Å². The first kappa shape index (κ1) is 26.0. The Morgan fingerprint density at radius 2 is 1.67 bits per heavy atom. The van der Waals surface area contributed by atoms with Crippen LogP contribution >= 0.6 is 0 Å². The Kier molecular flexibility index (Phi) is 7.31. The summed E-state index contributed by atoms with van der Waals surface area (Å²) in [4.78, 5) is 29.1. The van der Waals surface area contributed by atoms with Crippen molar-refractivity contribution >= 4 is 16.7 Å². The van der Waals surface area contributed by atoms with Gasteiger partial charge in [-0.05, 0) is 91.7 Å². The van der Waals surface area contributed by atoms with Crippen molar-refractivity contribution in [3.63, 3.8) is 0 Å². The Labute approximate surface area is 222 Å². The fraction of sp³-hybridized carbons (Fsp3) is 0.200. The van der Waals surface area contributed by atoms with Gasteiger partial charge in [0.2, 0.25) is 11.7 Å². The summed E-state index contributed by atoms with van der Waals surface area (Å²) in [5, 5.41) is 14.2. The predicted molar refractivity (Wildman–Crippen MR) is 142 cm³/mol. The highest BCUT2D eigenvalue weighted by Gasteiger charge is 2.19. The first-order chi connectivity index (χ1) is 18.8. The van der Waals surface area contributed by atoms with E-state index in [1.165, 1.54) is 24.3 Å². The fourth-order valence-corrected chi connectivity index (χ4v) is 4.57. The molecule has 0 fully saturated rings. The van der Waals surface area contributed by atoms with Crippen molar-refractivity contribution in [3.05, 3.63) is 112 Å². The molecule has 1 unspecified atom stereocenters. The van der Waals surface area contributed by atoms with Gasteiger partial charge in [-0.2, -0.15) is 4.98 Å². The van der Waals surface area contributed by atoms with E-state index in [1.807, 2.05) is 19.1 Å². The highest BCUT2D eigenvalue weighted by Crippen LogP contribution is 2.27. The number of rotatable bonds is 9. The second-order valence-electron chi connectivity index (χ2n) is 9.38. The normalized spacial score (nSPS) is 12.1. The van der Waals surface area contributed by atoms with Crippen LogP contribution in [0.5, 0.6) is 0 Å². The number of halogens is 2. The topological polar surface area (TPSA) is 98.2 Å². The molecule has 198 valence electrons. The molecular weight excluding hydrogens is 504 g/mol. The van der Waals surface area contributed by atoms with E-state index in [2.05, 4.69) is 10.1 Å². The molecule has 0 aliphatic rings. The van der Waals surface area contributed by atoms with Gasteiger partial charge in [0.15, 0.2) is 0 Å². The summed E-state index contributed by atoms with van der Waals surface area (Å²) in [7, 11) is 0. The number of aromatic nitrogens is 3. The zero-order valence-electron chi connectivity index (χ0n) is 21.1. The van der Waals surface area contributed by atoms with E-state index < -0.39 is 11.8 Å². The first-order valence-corrected chi connectivity index (χ1v) is 12.6. The number of carboxylic acids is 1. The molecule has 0 radical (unpaired) electrons. The SMILES string of the molecule is CC(c1ccc(F)cc1)c1nc(-c2ccc3c(=O)n(-c4ccc(F)cc4)c(CCCCC(=O)O)cc3c2)no1. The highest BCUT2D eigenvalue weighted by atomic mass is 19.1. The Morgan fingerprint density at radius 1 is 0.974 bits per heavy atom. The van der Waals surface area contributed by atoms with Crippen LogP contribution in [0.2, 0.25) is 0 Å². The van der Waals surface area contributed by atoms with Gasteiger partial charge in [0, 0.05) is 28.8 Å². The van der Waals surface area contributed by atoms with Crippen LogP contribution in [0.4, 0.5) is 8.78 Å². The van der Waals surface area contributed by atoms with Crippen LogP contribution in [-0.4, -0.2) is 25.8 Å². The van der Waals surface area contributed by atoms with E-state index in [4.69, 9.17) is 9.63 Å². The van der Waals surface area contributed by atoms with Gasteiger partial charge in [-0.1, -0.05) is 23.4 Å². The van der Waals surface area contributed by atoms with Crippen molar-refractivity contribution in [1.82, 2.24) is 14.7 Å². The number of pyridine rings is 1. The minimum Gasteiger partial charge on any atom is -0.481 e. The van der Waals surface area contributed by atoms with E-state index >= 15 is 0 Å². The molecule has 0 saturated carbocycles. The van der Waals surface area contributed by atoms with Crippen LogP contribution in [-0.2, 0) is 11.2 Å². The largest absolute Gasteiger partial charge is 0.481 e. The maximum atomic E-state index is 13.6. The molecule has 0 spiro atoms. The summed E-state index contributed by atoms with van der Waals surface area (Å²) >= 11 is 0. The summed E-state index contributed by atoms with van der Waals surface area (Å²) in [5.74, 6) is -1.12. The standard InChI is InChI=1S/C30H25F2N3O4/c1-18(19-6-9-22(31)10-7-19)29-33-28(34-39-29)20-8-15-26-21(16-20)17-25(4-2-3-5-27(36)37)35(30(26)38)24-13-11-23(32)12-14-24/h6-18H,2-5H2,1H3,(H,36,37). The number of hydrogen-bond acceptors (Lipinski definition) is 5. The van der Waals surface area contributed by atoms with E-state index in [1.54, 1.807) is 41.0 Å². The predicted octanol–water partition coefficient (Wildman–Crippen LogP) is 6.27. The molecule has 0 aliphatic carbocycles. The average Bonchev–Trinajstić information content (AvgIpc) is 3.42. The number of aryl methyl sites for hydroxylation is 1. The molecule has 39 heavy (non-hydrogen) atoms. The van der Waals surface area contributed by atoms with Crippen LogP contribution in [0.25, 0.3) is 27.8 Å². The molecule has 5 aromatic rings. The number of carbonyl (C=O) groups is 1. The lowest BCUT2D eigenvalue weighted by atomic mass is 10.0. The molecular formula is C30H25F2N3O4. The van der Waals surface area contributed by atoms with Crippen molar-refractivity contribution in [1.29, 1.82) is 0 Å². The lowest BCUT2D eigenvalue weighted by Crippen LogP contribution is -2.22. The number of nitrogens with zero attached hydrogens (tertiary/aromatic N) is 3. The third kappa shape index (κ3) is 5.62. The van der Waals surface area contributed by atoms with Crippen molar-refractivity contribution in [3.8, 4) is 17.1 Å². The van der Waals surface area contributed by atoms with Crippen LogP contribution < -0.4 is 5.56 Å². The zero-order chi connectivity index (χ0) is 27.5. The van der Waals surface area contributed by atoms with Gasteiger partial charge in [0.1, 0.15) is 11.6 Å². The van der Waals surface area contributed by atoms with Gasteiger partial charge < -0.3 is 9.63 Å². The molecule has 1 N–H and O–H groups in total. The lowest BCUT2D eigenvalue weighted by molar-refractivity contribution is -0.137. The molecule has 0 amide bonds. The summed E-state index contributed by atoms with van der Waals surface area (Å²) in [6.45, 7) is 1.89. The number of hydrogen-bond donors (Lipinski definition) is 1. The molecule has 0 bridgehead atoms. The maximum absolute atomic E-state index is 13.6. The monoisotopic (exact) mass is 529 g/mol. The summed E-state index contributed by atoms with van der Waals surface area (Å²) < 4.78 is 33.9. The maximum Gasteiger partial charge on any atom is 0.303 e. The molecule has 5 rings (SSSR count). The van der Waals surface area contributed by atoms with Crippen LogP contribution in [0.1, 0.15) is 49.3 Å². The number of fused-ring (bicyclic) bond motifs is 1. The van der Waals surface area contributed by atoms with Crippen LogP contribution in [0.15, 0.2) is 82.1 Å². The fourth-order valence-electron chi connectivity index (χ4n) is 4.57. The molecule has 3 aromatic carbocycles. The Bertz CT molecular complexity index is 1690. The number of benzene rings is 3. The molecule has 9 heteroatoms. The third-order valence-electron chi connectivity index (χ3n) is 6.69. The van der Waals surface area contributed by atoms with E-state index in [9.17, 15) is 18.4 Å². The number of unbranched alkanes of at least 4 members (excludes halogenated alkanes) is 1. The van der Waals surface area contributed by atoms with Gasteiger partial charge in [0.25, 0.3) is 5.56 Å². The first-order valence-electron chi connectivity index (χ1n) is 12.6. The van der Waals surface area contributed by atoms with Crippen molar-refractivity contribution in [2.24, 2.45) is 0 Å². The number of carboxylic acid groups (broad SMARTS) is 1. The molecule has 0 aliphatic heterocycles. The second-order valence-corrected chi connectivity index (χ2v) is 9.38. The van der Waals surface area contributed by atoms with Gasteiger partial charge in [0.05, 0.1) is 5.92 Å². The second kappa shape index (κ2) is 11.0. The third-order valence-corrected chi connectivity index (χ3v) is 6.69. The minimum absolute atomic E-state index is 0.0367. The molecule has 1 atom stereocenters. The Morgan fingerprint density at radius 3 is 2.36 bits per heavy atom. The van der Waals surface area contributed by atoms with Crippen LogP contribution in [0.3, 0.4) is 0 Å². The lowest BCUT2D eigenvalue weighted by Gasteiger charge is -2.15. The van der Waals surface area contributed by atoms with Crippen molar-refractivity contribution in [2.45, 2.75) is 38.5 Å². The zero-order valence-corrected chi connectivity index (χ0v) is 21.1. The summed E-state index contributed by atoms with van der Waals surface area (Å²) in [6.07, 6.45) is 1.52. The van der Waals surface area contributed by atoms with Gasteiger partial charge in [-0.3, -0.25) is 14.2 Å². The smallest absolute Gasteiger partial charge is 0.303 e. The van der Waals surface area contributed by atoms with E-state index in [0.717, 1.165) is 5.56 Å². The highest BCUT2D eigenvalue weighted by molar-refractivity contribution is 5.86. The van der Waals surface area contributed by atoms with Gasteiger partial charge >= 0.3 is 5.97 Å². The summed E-state index contributed by atoms with van der Waals surface area (Å²) in [5.41, 5.74) is 2.43. The van der Waals surface area contributed by atoms with Crippen molar-refractivity contribution < 1.29 is 23.2 Å². The molecule has 7 nitrogen and oxygen atoms in total. The molecule has 2 heterocycles. The van der Waals surface area contributed by atoms with Crippen LogP contribution in [0, 0.1) is 11.6 Å². The summed E-state index contributed by atoms with van der Waals surface area (Å²) in [6, 6.07) is 18.9. The van der Waals surface area contributed by atoms with E-state index in [-0.39, 0.29) is 23.7 Å². The van der Waals surface area contributed by atoms with Crippen molar-refractivity contribution in [2.75, 3.05) is 0 Å². The quantitative estimate of drug-likeness (QED) is 0.226. The number of aliphatic carboxylic acids is 1. The Balaban J connectivity index is 1.52. The van der Waals surface area contributed by atoms with Gasteiger partial charge in [-0.15, -0.1) is 0 Å². The molecule has 2 aromatic heterocycles. The average molecular weight is 530 g/mol. The minimum atomic E-state index is -0.873. The Hall–Kier alpha value is -4.66. The molecule has 0 saturated heterocycles. The van der Waals surface area contributed by atoms with Gasteiger partial charge in [-0.25, -0.2) is 8.78 Å².